The second-order valence-corrected chi connectivity index (χ2v) is 10.3. The Balaban J connectivity index is 1.44. The normalized spacial score (nSPS) is 16.8. The minimum atomic E-state index is -0.0737. The third kappa shape index (κ3) is 5.96. The molecule has 33 heavy (non-hydrogen) atoms. The highest BCUT2D eigenvalue weighted by Crippen LogP contribution is 2.29. The van der Waals surface area contributed by atoms with Crippen molar-refractivity contribution in [3.05, 3.63) is 47.3 Å². The number of thiophene rings is 1. The summed E-state index contributed by atoms with van der Waals surface area (Å²) in [7, 11) is 1.65. The number of aromatic nitrogens is 3. The van der Waals surface area contributed by atoms with Crippen LogP contribution in [0.4, 0.5) is 0 Å². The predicted octanol–water partition coefficient (Wildman–Crippen LogP) is 4.80. The highest BCUT2D eigenvalue weighted by Gasteiger charge is 2.23. The van der Waals surface area contributed by atoms with Crippen molar-refractivity contribution in [1.82, 2.24) is 20.1 Å². The molecule has 2 aromatic heterocycles. The number of amides is 1. The number of thioether (sulfide) groups is 1. The van der Waals surface area contributed by atoms with Crippen LogP contribution in [0.25, 0.3) is 10.7 Å². The van der Waals surface area contributed by atoms with Gasteiger partial charge < -0.3 is 14.8 Å². The van der Waals surface area contributed by atoms with Gasteiger partial charge in [-0.3, -0.25) is 9.36 Å². The summed E-state index contributed by atoms with van der Waals surface area (Å²) in [6, 6.07) is 11.8. The highest BCUT2D eigenvalue weighted by molar-refractivity contribution is 7.99. The summed E-state index contributed by atoms with van der Waals surface area (Å²) in [6.45, 7) is 5.71. The molecule has 176 valence electrons. The number of carbonyl (C=O) groups excluding carboxylic acids is 1. The molecule has 3 heterocycles. The van der Waals surface area contributed by atoms with Crippen LogP contribution >= 0.6 is 23.1 Å². The lowest BCUT2D eigenvalue weighted by Crippen LogP contribution is -2.33. The zero-order chi connectivity index (χ0) is 23.2. The molecule has 3 aromatic rings. The highest BCUT2D eigenvalue weighted by atomic mass is 32.2. The topological polar surface area (TPSA) is 78.3 Å². The molecule has 1 aliphatic heterocycles. The summed E-state index contributed by atoms with van der Waals surface area (Å²) in [4.78, 5) is 13.9. The molecule has 0 bridgehead atoms. The van der Waals surface area contributed by atoms with Crippen molar-refractivity contribution < 1.29 is 14.3 Å². The van der Waals surface area contributed by atoms with Crippen LogP contribution in [-0.2, 0) is 16.1 Å². The number of hydrogen-bond donors (Lipinski definition) is 1. The van der Waals surface area contributed by atoms with Gasteiger partial charge in [0, 0.05) is 6.61 Å². The number of carbonyl (C=O) groups is 1. The zero-order valence-corrected chi connectivity index (χ0v) is 20.8. The number of methoxy groups -OCH3 is 1. The van der Waals surface area contributed by atoms with Gasteiger partial charge in [-0.1, -0.05) is 43.8 Å². The maximum absolute atomic E-state index is 12.9. The molecular weight excluding hydrogens is 456 g/mol. The van der Waals surface area contributed by atoms with Crippen molar-refractivity contribution in [3.8, 4) is 16.5 Å². The maximum Gasteiger partial charge on any atom is 0.230 e. The molecule has 4 rings (SSSR count). The van der Waals surface area contributed by atoms with Gasteiger partial charge in [0.25, 0.3) is 0 Å². The van der Waals surface area contributed by atoms with E-state index in [1.807, 2.05) is 41.8 Å². The van der Waals surface area contributed by atoms with E-state index in [0.717, 1.165) is 46.6 Å². The van der Waals surface area contributed by atoms with Crippen molar-refractivity contribution in [2.45, 2.75) is 50.5 Å². The number of ether oxygens (including phenoxy) is 2. The molecule has 1 amide bonds. The van der Waals surface area contributed by atoms with Gasteiger partial charge in [0.1, 0.15) is 5.75 Å². The smallest absolute Gasteiger partial charge is 0.230 e. The van der Waals surface area contributed by atoms with Crippen molar-refractivity contribution in [3.63, 3.8) is 0 Å². The molecule has 2 atom stereocenters. The number of benzene rings is 1. The number of nitrogens with zero attached hydrogens (tertiary/aromatic N) is 3. The maximum atomic E-state index is 12.9. The molecule has 1 fully saturated rings. The van der Waals surface area contributed by atoms with E-state index in [9.17, 15) is 4.79 Å². The fourth-order valence-corrected chi connectivity index (χ4v) is 5.41. The van der Waals surface area contributed by atoms with E-state index in [2.05, 4.69) is 33.9 Å². The fraction of sp³-hybridized carbons (Fsp3) is 0.458. The van der Waals surface area contributed by atoms with Gasteiger partial charge in [-0.2, -0.15) is 0 Å². The molecule has 0 saturated carbocycles. The Morgan fingerprint density at radius 1 is 1.30 bits per heavy atom. The molecule has 1 N–H and O–H groups in total. The molecule has 9 heteroatoms. The minimum Gasteiger partial charge on any atom is -0.497 e. The molecule has 0 aliphatic carbocycles. The van der Waals surface area contributed by atoms with Crippen LogP contribution < -0.4 is 10.1 Å². The summed E-state index contributed by atoms with van der Waals surface area (Å²) in [5.41, 5.74) is 1.06. The first-order valence-corrected chi connectivity index (χ1v) is 13.1. The lowest BCUT2D eigenvalue weighted by atomic mass is 9.96. The van der Waals surface area contributed by atoms with Crippen LogP contribution in [0.5, 0.6) is 5.75 Å². The third-order valence-electron chi connectivity index (χ3n) is 5.66. The van der Waals surface area contributed by atoms with Gasteiger partial charge >= 0.3 is 0 Å². The summed E-state index contributed by atoms with van der Waals surface area (Å²) >= 11 is 3.05. The van der Waals surface area contributed by atoms with E-state index in [4.69, 9.17) is 9.47 Å². The molecule has 0 spiro atoms. The Bertz CT molecular complexity index is 1030. The first-order chi connectivity index (χ1) is 16.0. The van der Waals surface area contributed by atoms with E-state index >= 15 is 0 Å². The SMILES string of the molecule is COc1ccc([C@H](NC(=O)CSc2nnc(-c3cccs3)n2C[C@@H]2CCCO2)C(C)C)cc1. The van der Waals surface area contributed by atoms with E-state index in [-0.39, 0.29) is 29.7 Å². The number of hydrogen-bond acceptors (Lipinski definition) is 7. The molecule has 1 aliphatic rings. The summed E-state index contributed by atoms with van der Waals surface area (Å²) in [5.74, 6) is 2.13. The molecule has 7 nitrogen and oxygen atoms in total. The van der Waals surface area contributed by atoms with Gasteiger partial charge in [0.05, 0.1) is 36.4 Å². The van der Waals surface area contributed by atoms with Crippen LogP contribution in [0.15, 0.2) is 46.9 Å². The molecule has 1 saturated heterocycles. The van der Waals surface area contributed by atoms with E-state index in [0.29, 0.717) is 6.54 Å². The van der Waals surface area contributed by atoms with Crippen LogP contribution in [0.2, 0.25) is 0 Å². The second kappa shape index (κ2) is 11.2. The quantitative estimate of drug-likeness (QED) is 0.415. The van der Waals surface area contributed by atoms with Crippen molar-refractivity contribution in [2.24, 2.45) is 5.92 Å². The molecule has 0 unspecified atom stereocenters. The summed E-state index contributed by atoms with van der Waals surface area (Å²) in [5, 5.41) is 14.8. The summed E-state index contributed by atoms with van der Waals surface area (Å²) in [6.07, 6.45) is 2.27. The van der Waals surface area contributed by atoms with Gasteiger partial charge in [0.2, 0.25) is 5.91 Å². The van der Waals surface area contributed by atoms with Crippen LogP contribution in [0, 0.1) is 5.92 Å². The number of nitrogens with one attached hydrogen (secondary N) is 1. The monoisotopic (exact) mass is 486 g/mol. The molecule has 0 radical (unpaired) electrons. The lowest BCUT2D eigenvalue weighted by Gasteiger charge is -2.23. The number of rotatable bonds is 10. The van der Waals surface area contributed by atoms with Gasteiger partial charge in [-0.15, -0.1) is 21.5 Å². The Morgan fingerprint density at radius 2 is 2.12 bits per heavy atom. The Labute approximate surface area is 202 Å². The van der Waals surface area contributed by atoms with Gasteiger partial charge in [0.15, 0.2) is 11.0 Å². The van der Waals surface area contributed by atoms with Crippen LogP contribution in [0.3, 0.4) is 0 Å². The Kier molecular flexibility index (Phi) is 8.06. The van der Waals surface area contributed by atoms with Crippen molar-refractivity contribution in [2.75, 3.05) is 19.5 Å². The fourth-order valence-electron chi connectivity index (χ4n) is 3.93. The average Bonchev–Trinajstić information content (AvgIpc) is 3.59. The summed E-state index contributed by atoms with van der Waals surface area (Å²) < 4.78 is 13.2. The first kappa shape index (κ1) is 23.8. The van der Waals surface area contributed by atoms with Crippen LogP contribution in [0.1, 0.15) is 38.3 Å². The van der Waals surface area contributed by atoms with Crippen LogP contribution in [-0.4, -0.2) is 46.2 Å². The largest absolute Gasteiger partial charge is 0.497 e. The first-order valence-electron chi connectivity index (χ1n) is 11.2. The Morgan fingerprint density at radius 3 is 2.76 bits per heavy atom. The molecular formula is C24H30N4O3S2. The van der Waals surface area contributed by atoms with Crippen molar-refractivity contribution in [1.29, 1.82) is 0 Å². The Hall–Kier alpha value is -2.36. The minimum absolute atomic E-state index is 0.0288. The second-order valence-electron chi connectivity index (χ2n) is 8.38. The zero-order valence-electron chi connectivity index (χ0n) is 19.2. The van der Waals surface area contributed by atoms with E-state index in [1.165, 1.54) is 11.8 Å². The predicted molar refractivity (Wildman–Crippen MR) is 132 cm³/mol. The lowest BCUT2D eigenvalue weighted by molar-refractivity contribution is -0.119. The molecule has 1 aromatic carbocycles. The van der Waals surface area contributed by atoms with E-state index < -0.39 is 0 Å². The third-order valence-corrected chi connectivity index (χ3v) is 7.49. The van der Waals surface area contributed by atoms with Crippen molar-refractivity contribution >= 4 is 29.0 Å². The van der Waals surface area contributed by atoms with Gasteiger partial charge in [-0.05, 0) is 47.9 Å². The average molecular weight is 487 g/mol. The van der Waals surface area contributed by atoms with Gasteiger partial charge in [-0.25, -0.2) is 0 Å². The standard InChI is InChI=1S/C24H30N4O3S2/c1-16(2)22(17-8-10-18(30-3)11-9-17)25-21(29)15-33-24-27-26-23(20-7-5-13-32-20)28(24)14-19-6-4-12-31-19/h5,7-11,13,16,19,22H,4,6,12,14-15H2,1-3H3,(H,25,29)/t19-,22+/m0/s1. The van der Waals surface area contributed by atoms with E-state index in [1.54, 1.807) is 18.4 Å².